The lowest BCUT2D eigenvalue weighted by atomic mass is 9.72. The number of carboxylic acid groups (broad SMARTS) is 1. The summed E-state index contributed by atoms with van der Waals surface area (Å²) in [6.07, 6.45) is 6.34. The predicted molar refractivity (Wildman–Crippen MR) is 70.1 cm³/mol. The van der Waals surface area contributed by atoms with Crippen LogP contribution in [-0.4, -0.2) is 22.7 Å². The van der Waals surface area contributed by atoms with Crippen molar-refractivity contribution in [2.45, 2.75) is 77.8 Å². The Morgan fingerprint density at radius 2 is 2.12 bits per heavy atom. The maximum absolute atomic E-state index is 11.4. The summed E-state index contributed by atoms with van der Waals surface area (Å²) in [5.41, 5.74) is -0.559. The maximum atomic E-state index is 11.4. The summed E-state index contributed by atoms with van der Waals surface area (Å²) in [6.45, 7) is 8.36. The average molecular weight is 241 g/mol. The van der Waals surface area contributed by atoms with Gasteiger partial charge in [-0.15, -0.1) is 0 Å². The van der Waals surface area contributed by atoms with Crippen molar-refractivity contribution in [2.24, 2.45) is 5.41 Å². The number of hydrogen-bond acceptors (Lipinski definition) is 2. The first-order valence-electron chi connectivity index (χ1n) is 6.83. The Balaban J connectivity index is 2.75. The minimum absolute atomic E-state index is 0.211. The average Bonchev–Trinajstić information content (AvgIpc) is 2.21. The van der Waals surface area contributed by atoms with Crippen molar-refractivity contribution in [1.29, 1.82) is 0 Å². The Kier molecular flexibility index (Phi) is 4.59. The van der Waals surface area contributed by atoms with Gasteiger partial charge in [-0.1, -0.05) is 40.0 Å². The van der Waals surface area contributed by atoms with Crippen molar-refractivity contribution < 1.29 is 9.90 Å². The van der Waals surface area contributed by atoms with Gasteiger partial charge in [0.1, 0.15) is 5.54 Å². The quantitative estimate of drug-likeness (QED) is 0.777. The second-order valence-electron chi connectivity index (χ2n) is 6.32. The maximum Gasteiger partial charge on any atom is 0.323 e. The molecule has 100 valence electrons. The SMILES string of the molecule is CCCC(C)(NC1CCCCC1(C)C)C(=O)O. The molecule has 1 rings (SSSR count). The molecule has 2 unspecified atom stereocenters. The van der Waals surface area contributed by atoms with E-state index in [1.54, 1.807) is 0 Å². The van der Waals surface area contributed by atoms with Crippen LogP contribution in [0.15, 0.2) is 0 Å². The fourth-order valence-electron chi connectivity index (χ4n) is 2.89. The fourth-order valence-corrected chi connectivity index (χ4v) is 2.89. The zero-order valence-corrected chi connectivity index (χ0v) is 11.7. The third-order valence-corrected chi connectivity index (χ3v) is 4.22. The van der Waals surface area contributed by atoms with Crippen LogP contribution in [0.5, 0.6) is 0 Å². The topological polar surface area (TPSA) is 49.3 Å². The molecule has 0 aromatic carbocycles. The molecular formula is C14H27NO2. The lowest BCUT2D eigenvalue weighted by Gasteiger charge is -2.43. The number of rotatable bonds is 5. The van der Waals surface area contributed by atoms with E-state index in [0.29, 0.717) is 12.5 Å². The largest absolute Gasteiger partial charge is 0.480 e. The molecule has 0 aromatic rings. The predicted octanol–water partition coefficient (Wildman–Crippen LogP) is 3.19. The molecule has 3 nitrogen and oxygen atoms in total. The number of carboxylic acids is 1. The van der Waals surface area contributed by atoms with Gasteiger partial charge >= 0.3 is 5.97 Å². The highest BCUT2D eigenvalue weighted by Crippen LogP contribution is 2.36. The summed E-state index contributed by atoms with van der Waals surface area (Å²) in [5.74, 6) is -0.722. The second kappa shape index (κ2) is 5.38. The Labute approximate surface area is 105 Å². The lowest BCUT2D eigenvalue weighted by Crippen LogP contribution is -2.58. The smallest absolute Gasteiger partial charge is 0.323 e. The highest BCUT2D eigenvalue weighted by molar-refractivity contribution is 5.78. The van der Waals surface area contributed by atoms with E-state index in [-0.39, 0.29) is 5.41 Å². The van der Waals surface area contributed by atoms with E-state index in [4.69, 9.17) is 0 Å². The number of nitrogens with one attached hydrogen (secondary N) is 1. The van der Waals surface area contributed by atoms with Crippen molar-refractivity contribution in [1.82, 2.24) is 5.32 Å². The van der Waals surface area contributed by atoms with Gasteiger partial charge < -0.3 is 5.11 Å². The molecule has 2 atom stereocenters. The molecule has 0 spiro atoms. The van der Waals surface area contributed by atoms with Crippen molar-refractivity contribution in [2.75, 3.05) is 0 Å². The molecule has 3 heteroatoms. The van der Waals surface area contributed by atoms with Crippen LogP contribution in [0.25, 0.3) is 0 Å². The van der Waals surface area contributed by atoms with Gasteiger partial charge in [-0.05, 0) is 31.6 Å². The minimum atomic E-state index is -0.770. The zero-order chi connectivity index (χ0) is 13.1. The molecule has 1 aliphatic carbocycles. The first-order chi connectivity index (χ1) is 7.82. The van der Waals surface area contributed by atoms with Gasteiger partial charge in [-0.25, -0.2) is 0 Å². The number of carbonyl (C=O) groups is 1. The van der Waals surface area contributed by atoms with E-state index in [9.17, 15) is 9.90 Å². The van der Waals surface area contributed by atoms with Crippen LogP contribution in [0, 0.1) is 5.41 Å². The van der Waals surface area contributed by atoms with E-state index in [2.05, 4.69) is 19.2 Å². The first kappa shape index (κ1) is 14.5. The molecule has 0 radical (unpaired) electrons. The summed E-state index contributed by atoms with van der Waals surface area (Å²) in [4.78, 5) is 11.4. The molecular weight excluding hydrogens is 214 g/mol. The normalized spacial score (nSPS) is 27.4. The molecule has 0 heterocycles. The zero-order valence-electron chi connectivity index (χ0n) is 11.7. The van der Waals surface area contributed by atoms with Gasteiger partial charge in [-0.3, -0.25) is 10.1 Å². The highest BCUT2D eigenvalue weighted by Gasteiger charge is 2.40. The van der Waals surface area contributed by atoms with Crippen LogP contribution in [0.4, 0.5) is 0 Å². The summed E-state index contributed by atoms with van der Waals surface area (Å²) < 4.78 is 0. The van der Waals surface area contributed by atoms with Crippen molar-refractivity contribution >= 4 is 5.97 Å². The Morgan fingerprint density at radius 3 is 2.59 bits per heavy atom. The molecule has 2 N–H and O–H groups in total. The highest BCUT2D eigenvalue weighted by atomic mass is 16.4. The third-order valence-electron chi connectivity index (χ3n) is 4.22. The van der Waals surface area contributed by atoms with Crippen LogP contribution >= 0.6 is 0 Å². The van der Waals surface area contributed by atoms with Crippen molar-refractivity contribution in [3.63, 3.8) is 0 Å². The minimum Gasteiger partial charge on any atom is -0.480 e. The van der Waals surface area contributed by atoms with Crippen molar-refractivity contribution in [3.8, 4) is 0 Å². The van der Waals surface area contributed by atoms with E-state index < -0.39 is 11.5 Å². The molecule has 0 aromatic heterocycles. The van der Waals surface area contributed by atoms with Crippen molar-refractivity contribution in [3.05, 3.63) is 0 Å². The van der Waals surface area contributed by atoms with Gasteiger partial charge in [0.05, 0.1) is 0 Å². The standard InChI is InChI=1S/C14H27NO2/c1-5-9-14(4,12(16)17)15-11-8-6-7-10-13(11,2)3/h11,15H,5-10H2,1-4H3,(H,16,17). The van der Waals surface area contributed by atoms with Gasteiger partial charge in [-0.2, -0.15) is 0 Å². The summed E-state index contributed by atoms with van der Waals surface area (Å²) in [7, 11) is 0. The van der Waals surface area contributed by atoms with E-state index in [1.165, 1.54) is 19.3 Å². The molecule has 0 bridgehead atoms. The van der Waals surface area contributed by atoms with Crippen LogP contribution < -0.4 is 5.32 Å². The van der Waals surface area contributed by atoms with Crippen LogP contribution in [0.2, 0.25) is 0 Å². The van der Waals surface area contributed by atoms with Crippen LogP contribution in [-0.2, 0) is 4.79 Å². The molecule has 0 aliphatic heterocycles. The van der Waals surface area contributed by atoms with Gasteiger partial charge in [0.2, 0.25) is 0 Å². The summed E-state index contributed by atoms with van der Waals surface area (Å²) in [6, 6.07) is 0.323. The van der Waals surface area contributed by atoms with Gasteiger partial charge in [0.15, 0.2) is 0 Å². The molecule has 17 heavy (non-hydrogen) atoms. The van der Waals surface area contributed by atoms with Crippen LogP contribution in [0.3, 0.4) is 0 Å². The summed E-state index contributed by atoms with van der Waals surface area (Å²) in [5, 5.41) is 12.8. The van der Waals surface area contributed by atoms with E-state index in [0.717, 1.165) is 12.8 Å². The lowest BCUT2D eigenvalue weighted by molar-refractivity contribution is -0.145. The van der Waals surface area contributed by atoms with Gasteiger partial charge in [0, 0.05) is 6.04 Å². The van der Waals surface area contributed by atoms with Crippen LogP contribution in [0.1, 0.15) is 66.2 Å². The molecule has 1 saturated carbocycles. The van der Waals surface area contributed by atoms with Gasteiger partial charge in [0.25, 0.3) is 0 Å². The monoisotopic (exact) mass is 241 g/mol. The third kappa shape index (κ3) is 3.44. The summed E-state index contributed by atoms with van der Waals surface area (Å²) >= 11 is 0. The number of aliphatic carboxylic acids is 1. The fraction of sp³-hybridized carbons (Fsp3) is 0.929. The van der Waals surface area contributed by atoms with E-state index >= 15 is 0 Å². The number of hydrogen-bond donors (Lipinski definition) is 2. The Hall–Kier alpha value is -0.570. The van der Waals surface area contributed by atoms with E-state index in [1.807, 2.05) is 13.8 Å². The molecule has 1 aliphatic rings. The Bertz CT molecular complexity index is 275. The Morgan fingerprint density at radius 1 is 1.47 bits per heavy atom. The first-order valence-corrected chi connectivity index (χ1v) is 6.83. The second-order valence-corrected chi connectivity index (χ2v) is 6.32. The molecule has 0 saturated heterocycles. The molecule has 0 amide bonds. The molecule has 1 fully saturated rings.